The van der Waals surface area contributed by atoms with Gasteiger partial charge in [-0.05, 0) is 79.0 Å². The van der Waals surface area contributed by atoms with Crippen molar-refractivity contribution in [3.05, 3.63) is 146 Å². The molecule has 2 nitrogen and oxygen atoms in total. The van der Waals surface area contributed by atoms with Gasteiger partial charge in [-0.3, -0.25) is 0 Å². The predicted octanol–water partition coefficient (Wildman–Crippen LogP) is 12.2. The molecule has 0 amide bonds. The number of furan rings is 1. The molecule has 1 aromatic heterocycles. The van der Waals surface area contributed by atoms with E-state index in [1.54, 1.807) is 0 Å². The molecule has 10 rings (SSSR count). The molecule has 0 aliphatic carbocycles. The quantitative estimate of drug-likeness (QED) is 0.210. The van der Waals surface area contributed by atoms with Crippen LogP contribution in [0.2, 0.25) is 0 Å². The molecule has 204 valence electrons. The summed E-state index contributed by atoms with van der Waals surface area (Å²) in [4.78, 5) is 0. The highest BCUT2D eigenvalue weighted by atomic mass is 16.5. The Morgan fingerprint density at radius 1 is 0.295 bits per heavy atom. The van der Waals surface area contributed by atoms with Crippen molar-refractivity contribution in [2.75, 3.05) is 0 Å². The first-order valence-electron chi connectivity index (χ1n) is 15.0. The number of hydrogen-bond acceptors (Lipinski definition) is 2. The summed E-state index contributed by atoms with van der Waals surface area (Å²) in [7, 11) is 0. The monoisotopic (exact) mass is 560 g/mol. The SMILES string of the molecule is c1ccc2c(c1)Oc1ccc(-c3ccc(-c4cccc5oc6ccc7ccccc7c6c45)c4ccccc34)c3cccc-2c13. The van der Waals surface area contributed by atoms with Crippen LogP contribution in [0, 0.1) is 0 Å². The Labute approximate surface area is 253 Å². The summed E-state index contributed by atoms with van der Waals surface area (Å²) in [5, 5.41) is 9.56. The molecular weight excluding hydrogens is 536 g/mol. The van der Waals surface area contributed by atoms with Crippen molar-refractivity contribution in [2.24, 2.45) is 0 Å². The number of para-hydroxylation sites is 1. The maximum atomic E-state index is 6.43. The summed E-state index contributed by atoms with van der Waals surface area (Å²) in [6, 6.07) is 51.8. The van der Waals surface area contributed by atoms with Crippen molar-refractivity contribution in [3.8, 4) is 44.9 Å². The Morgan fingerprint density at radius 3 is 1.75 bits per heavy atom. The summed E-state index contributed by atoms with van der Waals surface area (Å²) in [6.07, 6.45) is 0. The highest BCUT2D eigenvalue weighted by molar-refractivity contribution is 6.24. The van der Waals surface area contributed by atoms with Gasteiger partial charge in [0.2, 0.25) is 0 Å². The third-order valence-electron chi connectivity index (χ3n) is 9.29. The van der Waals surface area contributed by atoms with Crippen molar-refractivity contribution in [2.45, 2.75) is 0 Å². The van der Waals surface area contributed by atoms with Crippen LogP contribution < -0.4 is 4.74 Å². The second kappa shape index (κ2) is 8.82. The average molecular weight is 561 g/mol. The number of rotatable bonds is 2. The first-order valence-corrected chi connectivity index (χ1v) is 15.0. The molecule has 0 spiro atoms. The molecule has 0 unspecified atom stereocenters. The van der Waals surface area contributed by atoms with Gasteiger partial charge in [-0.2, -0.15) is 0 Å². The average Bonchev–Trinajstić information content (AvgIpc) is 3.48. The second-order valence-electron chi connectivity index (χ2n) is 11.6. The van der Waals surface area contributed by atoms with Gasteiger partial charge < -0.3 is 9.15 Å². The largest absolute Gasteiger partial charge is 0.456 e. The first kappa shape index (κ1) is 23.7. The van der Waals surface area contributed by atoms with Gasteiger partial charge in [0, 0.05) is 21.7 Å². The molecule has 0 saturated carbocycles. The Bertz CT molecular complexity index is 2640. The number of ether oxygens (including phenoxy) is 1. The zero-order valence-electron chi connectivity index (χ0n) is 23.7. The molecular formula is C42H24O2. The van der Waals surface area contributed by atoms with E-state index in [0.29, 0.717) is 0 Å². The van der Waals surface area contributed by atoms with E-state index < -0.39 is 0 Å². The Balaban J connectivity index is 1.25. The van der Waals surface area contributed by atoms with E-state index >= 15 is 0 Å². The van der Waals surface area contributed by atoms with Crippen LogP contribution in [-0.4, -0.2) is 0 Å². The van der Waals surface area contributed by atoms with Crippen LogP contribution in [0.3, 0.4) is 0 Å². The van der Waals surface area contributed by atoms with E-state index in [1.165, 1.54) is 65.5 Å². The van der Waals surface area contributed by atoms with Crippen LogP contribution in [0.4, 0.5) is 0 Å². The van der Waals surface area contributed by atoms with E-state index in [2.05, 4.69) is 133 Å². The van der Waals surface area contributed by atoms with Gasteiger partial charge in [-0.25, -0.2) is 0 Å². The molecule has 0 radical (unpaired) electrons. The van der Waals surface area contributed by atoms with E-state index in [-0.39, 0.29) is 0 Å². The lowest BCUT2D eigenvalue weighted by Gasteiger charge is -2.23. The standard InChI is InChI=1S/C42H24O2/c1-2-10-26-25(9-1)19-23-39-41(26)42-34(16-8-18-37(42)44-39)30-21-20-29(27-11-3-4-12-28(27)30)31-22-24-38-40-33(31)14-7-15-35(40)32-13-5-6-17-36(32)43-38/h1-24H. The topological polar surface area (TPSA) is 22.4 Å². The minimum Gasteiger partial charge on any atom is -0.456 e. The van der Waals surface area contributed by atoms with Gasteiger partial charge >= 0.3 is 0 Å². The van der Waals surface area contributed by atoms with Crippen LogP contribution in [-0.2, 0) is 0 Å². The van der Waals surface area contributed by atoms with Crippen LogP contribution >= 0.6 is 0 Å². The minimum atomic E-state index is 0.906. The lowest BCUT2D eigenvalue weighted by molar-refractivity contribution is 0.487. The molecule has 8 aromatic carbocycles. The molecule has 1 aliphatic heterocycles. The van der Waals surface area contributed by atoms with Crippen LogP contribution in [0.5, 0.6) is 11.5 Å². The zero-order valence-corrected chi connectivity index (χ0v) is 23.7. The molecule has 9 aromatic rings. The van der Waals surface area contributed by atoms with Crippen molar-refractivity contribution < 1.29 is 9.15 Å². The Kier molecular flexibility index (Phi) is 4.75. The Hall–Kier alpha value is -5.86. The summed E-state index contributed by atoms with van der Waals surface area (Å²) < 4.78 is 12.8. The van der Waals surface area contributed by atoms with Crippen LogP contribution in [0.25, 0.3) is 87.6 Å². The smallest absolute Gasteiger partial charge is 0.136 e. The van der Waals surface area contributed by atoms with Crippen LogP contribution in [0.1, 0.15) is 0 Å². The van der Waals surface area contributed by atoms with Crippen LogP contribution in [0.15, 0.2) is 150 Å². The molecule has 0 N–H and O–H groups in total. The fraction of sp³-hybridized carbons (Fsp3) is 0. The number of benzene rings is 8. The molecule has 0 saturated heterocycles. The number of fused-ring (bicyclic) bond motifs is 8. The first-order chi connectivity index (χ1) is 21.8. The molecule has 2 heteroatoms. The Morgan fingerprint density at radius 2 is 0.886 bits per heavy atom. The van der Waals surface area contributed by atoms with Crippen molar-refractivity contribution in [3.63, 3.8) is 0 Å². The van der Waals surface area contributed by atoms with E-state index in [0.717, 1.165) is 33.6 Å². The van der Waals surface area contributed by atoms with Gasteiger partial charge in [0.15, 0.2) is 0 Å². The van der Waals surface area contributed by atoms with E-state index in [1.807, 2.05) is 12.1 Å². The van der Waals surface area contributed by atoms with Gasteiger partial charge in [-0.15, -0.1) is 0 Å². The van der Waals surface area contributed by atoms with Gasteiger partial charge in [-0.1, -0.05) is 121 Å². The fourth-order valence-electron chi connectivity index (χ4n) is 7.40. The lowest BCUT2D eigenvalue weighted by Crippen LogP contribution is -1.97. The molecule has 44 heavy (non-hydrogen) atoms. The maximum Gasteiger partial charge on any atom is 0.136 e. The fourth-order valence-corrected chi connectivity index (χ4v) is 7.40. The van der Waals surface area contributed by atoms with E-state index in [9.17, 15) is 0 Å². The molecule has 0 fully saturated rings. The summed E-state index contributed by atoms with van der Waals surface area (Å²) in [6.45, 7) is 0. The predicted molar refractivity (Wildman–Crippen MR) is 183 cm³/mol. The van der Waals surface area contributed by atoms with Crippen molar-refractivity contribution in [1.82, 2.24) is 0 Å². The molecule has 1 aliphatic rings. The van der Waals surface area contributed by atoms with Gasteiger partial charge in [0.1, 0.15) is 22.7 Å². The summed E-state index contributed by atoms with van der Waals surface area (Å²) >= 11 is 0. The molecule has 0 atom stereocenters. The minimum absolute atomic E-state index is 0.906. The maximum absolute atomic E-state index is 6.43. The van der Waals surface area contributed by atoms with E-state index in [4.69, 9.17) is 9.15 Å². The third kappa shape index (κ3) is 3.20. The van der Waals surface area contributed by atoms with Gasteiger partial charge in [0.25, 0.3) is 0 Å². The highest BCUT2D eigenvalue weighted by Gasteiger charge is 2.22. The van der Waals surface area contributed by atoms with Gasteiger partial charge in [0.05, 0.1) is 0 Å². The highest BCUT2D eigenvalue weighted by Crippen LogP contribution is 2.50. The second-order valence-corrected chi connectivity index (χ2v) is 11.6. The lowest BCUT2D eigenvalue weighted by atomic mass is 9.87. The molecule has 2 heterocycles. The summed E-state index contributed by atoms with van der Waals surface area (Å²) in [5.41, 5.74) is 8.97. The summed E-state index contributed by atoms with van der Waals surface area (Å²) in [5.74, 6) is 1.81. The number of hydrogen-bond donors (Lipinski definition) is 0. The zero-order chi connectivity index (χ0) is 28.8. The van der Waals surface area contributed by atoms with Crippen molar-refractivity contribution in [1.29, 1.82) is 0 Å². The van der Waals surface area contributed by atoms with Crippen molar-refractivity contribution >= 4 is 54.3 Å². The third-order valence-corrected chi connectivity index (χ3v) is 9.29. The molecule has 0 bridgehead atoms. The normalized spacial score (nSPS) is 12.3.